The number of primary amides is 1. The van der Waals surface area contributed by atoms with Crippen molar-refractivity contribution in [1.29, 1.82) is 0 Å². The molecular weight excluding hydrogens is 376 g/mol. The number of fused-ring (bicyclic) bond motifs is 1. The molecule has 0 saturated heterocycles. The van der Waals surface area contributed by atoms with Crippen LogP contribution in [0, 0.1) is 0 Å². The van der Waals surface area contributed by atoms with E-state index in [0.29, 0.717) is 30.8 Å². The zero-order valence-electron chi connectivity index (χ0n) is 13.4. The molecule has 1 heterocycles. The molecule has 7 heteroatoms. The number of hydrogen-bond donors (Lipinski definition) is 1. The average molecular weight is 397 g/mol. The summed E-state index contributed by atoms with van der Waals surface area (Å²) in [6.07, 6.45) is 2.94. The van der Waals surface area contributed by atoms with Crippen molar-refractivity contribution in [1.82, 2.24) is 4.90 Å². The molecule has 1 aliphatic rings. The van der Waals surface area contributed by atoms with Gasteiger partial charge in [-0.2, -0.15) is 0 Å². The fourth-order valence-corrected chi connectivity index (χ4v) is 3.09. The lowest BCUT2D eigenvalue weighted by molar-refractivity contribution is -0.118. The molecule has 0 spiro atoms. The van der Waals surface area contributed by atoms with E-state index < -0.39 is 11.9 Å². The molecule has 1 aromatic rings. The number of hydrogen-bond acceptors (Lipinski definition) is 4. The molecule has 1 atom stereocenters. The largest absolute Gasteiger partial charge is 0.493 e. The van der Waals surface area contributed by atoms with Crippen molar-refractivity contribution in [2.24, 2.45) is 5.73 Å². The quantitative estimate of drug-likeness (QED) is 0.372. The molecule has 1 aromatic carbocycles. The highest BCUT2D eigenvalue weighted by Crippen LogP contribution is 2.32. The molecule has 1 unspecified atom stereocenters. The van der Waals surface area contributed by atoms with Crippen LogP contribution in [-0.2, 0) is 16.1 Å². The molecule has 0 fully saturated rings. The van der Waals surface area contributed by atoms with Crippen LogP contribution in [0.4, 0.5) is 0 Å². The predicted octanol–water partition coefficient (Wildman–Crippen LogP) is 2.03. The number of ether oxygens (including phenoxy) is 1. The maximum absolute atomic E-state index is 12.6. The van der Waals surface area contributed by atoms with Crippen LogP contribution in [0.25, 0.3) is 0 Å². The van der Waals surface area contributed by atoms with Crippen molar-refractivity contribution in [2.75, 3.05) is 11.9 Å². The Labute approximate surface area is 149 Å². The number of carbonyl (C=O) groups excluding carboxylic acids is 3. The normalized spacial score (nSPS) is 14.4. The van der Waals surface area contributed by atoms with Crippen LogP contribution in [0.3, 0.4) is 0 Å². The number of rotatable bonds is 10. The lowest BCUT2D eigenvalue weighted by atomic mass is 10.1. The highest BCUT2D eigenvalue weighted by atomic mass is 79.9. The fourth-order valence-electron chi connectivity index (χ4n) is 2.70. The van der Waals surface area contributed by atoms with Gasteiger partial charge >= 0.3 is 0 Å². The van der Waals surface area contributed by atoms with Gasteiger partial charge in [0, 0.05) is 22.9 Å². The molecule has 0 bridgehead atoms. The van der Waals surface area contributed by atoms with Crippen molar-refractivity contribution < 1.29 is 19.1 Å². The summed E-state index contributed by atoms with van der Waals surface area (Å²) in [5, 5.41) is 0.927. The number of aldehydes is 1. The van der Waals surface area contributed by atoms with Gasteiger partial charge in [0.15, 0.2) is 0 Å². The Morgan fingerprint density at radius 1 is 1.42 bits per heavy atom. The van der Waals surface area contributed by atoms with Crippen LogP contribution in [0.15, 0.2) is 18.2 Å². The van der Waals surface area contributed by atoms with Crippen LogP contribution in [0.2, 0.25) is 0 Å². The Bertz CT molecular complexity index is 621. The first-order valence-electron chi connectivity index (χ1n) is 7.93. The molecule has 0 aliphatic carbocycles. The van der Waals surface area contributed by atoms with E-state index in [2.05, 4.69) is 15.9 Å². The number of nitrogens with zero attached hydrogens (tertiary/aromatic N) is 1. The molecular formula is C17H21BrN2O4. The Morgan fingerprint density at radius 2 is 2.21 bits per heavy atom. The van der Waals surface area contributed by atoms with Gasteiger partial charge in [-0.15, -0.1) is 0 Å². The van der Waals surface area contributed by atoms with Gasteiger partial charge in [0.1, 0.15) is 12.0 Å². The van der Waals surface area contributed by atoms with E-state index in [1.54, 1.807) is 12.1 Å². The van der Waals surface area contributed by atoms with Crippen molar-refractivity contribution >= 4 is 34.0 Å². The van der Waals surface area contributed by atoms with E-state index in [4.69, 9.17) is 10.5 Å². The minimum Gasteiger partial charge on any atom is -0.493 e. The van der Waals surface area contributed by atoms with Crippen LogP contribution in [-0.4, -0.2) is 41.0 Å². The summed E-state index contributed by atoms with van der Waals surface area (Å²) < 4.78 is 5.80. The number of halogens is 1. The number of amides is 2. The summed E-state index contributed by atoms with van der Waals surface area (Å²) in [6, 6.07) is 4.69. The second-order valence-corrected chi connectivity index (χ2v) is 6.46. The minimum absolute atomic E-state index is 0.0689. The number of alkyl halides is 1. The topological polar surface area (TPSA) is 89.7 Å². The Kier molecular flexibility index (Phi) is 6.78. The standard InChI is InChI=1S/C17H21BrN2O4/c18-8-1-2-9-24-15-5-3-4-13-14(15)10-20(17(13)23)12(11-21)6-7-16(19)22/h3-5,11-12H,1-2,6-10H2,(H2,19,22). The lowest BCUT2D eigenvalue weighted by Gasteiger charge is -2.22. The Balaban J connectivity index is 2.10. The lowest BCUT2D eigenvalue weighted by Crippen LogP contribution is -2.37. The number of benzene rings is 1. The third-order valence-corrected chi connectivity index (χ3v) is 4.54. The summed E-state index contributed by atoms with van der Waals surface area (Å²) in [4.78, 5) is 36.3. The van der Waals surface area contributed by atoms with E-state index in [0.717, 1.165) is 23.7 Å². The zero-order valence-corrected chi connectivity index (χ0v) is 15.0. The summed E-state index contributed by atoms with van der Waals surface area (Å²) in [6.45, 7) is 0.889. The van der Waals surface area contributed by atoms with E-state index in [1.807, 2.05) is 6.07 Å². The molecule has 0 radical (unpaired) electrons. The third kappa shape index (κ3) is 4.35. The molecule has 6 nitrogen and oxygen atoms in total. The molecule has 0 saturated carbocycles. The van der Waals surface area contributed by atoms with Gasteiger partial charge in [0.25, 0.3) is 5.91 Å². The van der Waals surface area contributed by atoms with Crippen molar-refractivity contribution in [3.05, 3.63) is 29.3 Å². The third-order valence-electron chi connectivity index (χ3n) is 3.98. The number of nitrogens with two attached hydrogens (primary N) is 1. The van der Waals surface area contributed by atoms with Crippen LogP contribution in [0.1, 0.15) is 41.6 Å². The SMILES string of the molecule is NC(=O)CCC(C=O)N1Cc2c(OCCCCBr)cccc2C1=O. The average Bonchev–Trinajstić information content (AvgIpc) is 2.90. The molecule has 24 heavy (non-hydrogen) atoms. The molecule has 1 aliphatic heterocycles. The Hall–Kier alpha value is -1.89. The maximum atomic E-state index is 12.6. The summed E-state index contributed by atoms with van der Waals surface area (Å²) in [5.41, 5.74) is 6.49. The van der Waals surface area contributed by atoms with Gasteiger partial charge in [-0.25, -0.2) is 0 Å². The molecule has 0 aromatic heterocycles. The van der Waals surface area contributed by atoms with E-state index in [-0.39, 0.29) is 18.7 Å². The molecule has 2 amide bonds. The predicted molar refractivity (Wildman–Crippen MR) is 93.1 cm³/mol. The van der Waals surface area contributed by atoms with E-state index in [9.17, 15) is 14.4 Å². The monoisotopic (exact) mass is 396 g/mol. The van der Waals surface area contributed by atoms with E-state index >= 15 is 0 Å². The second-order valence-electron chi connectivity index (χ2n) is 5.67. The maximum Gasteiger partial charge on any atom is 0.255 e. The minimum atomic E-state index is -0.654. The smallest absolute Gasteiger partial charge is 0.255 e. The fraction of sp³-hybridized carbons (Fsp3) is 0.471. The van der Waals surface area contributed by atoms with Crippen molar-refractivity contribution in [3.8, 4) is 5.75 Å². The van der Waals surface area contributed by atoms with Gasteiger partial charge in [-0.1, -0.05) is 22.0 Å². The van der Waals surface area contributed by atoms with Gasteiger partial charge in [-0.3, -0.25) is 9.59 Å². The number of unbranched alkanes of at least 4 members (excludes halogenated alkanes) is 1. The molecule has 2 rings (SSSR count). The summed E-state index contributed by atoms with van der Waals surface area (Å²) in [5.74, 6) is -0.0169. The highest BCUT2D eigenvalue weighted by Gasteiger charge is 2.34. The Morgan fingerprint density at radius 3 is 2.88 bits per heavy atom. The zero-order chi connectivity index (χ0) is 17.5. The van der Waals surface area contributed by atoms with Gasteiger partial charge in [0.2, 0.25) is 5.91 Å². The number of carbonyl (C=O) groups is 3. The summed E-state index contributed by atoms with van der Waals surface area (Å²) >= 11 is 3.38. The highest BCUT2D eigenvalue weighted by molar-refractivity contribution is 9.09. The van der Waals surface area contributed by atoms with Crippen LogP contribution in [0.5, 0.6) is 5.75 Å². The van der Waals surface area contributed by atoms with Gasteiger partial charge in [0.05, 0.1) is 19.2 Å². The second kappa shape index (κ2) is 8.82. The van der Waals surface area contributed by atoms with Gasteiger partial charge < -0.3 is 20.2 Å². The first-order chi connectivity index (χ1) is 11.6. The van der Waals surface area contributed by atoms with E-state index in [1.165, 1.54) is 4.90 Å². The molecule has 130 valence electrons. The first-order valence-corrected chi connectivity index (χ1v) is 9.05. The summed E-state index contributed by atoms with van der Waals surface area (Å²) in [7, 11) is 0. The van der Waals surface area contributed by atoms with Crippen LogP contribution < -0.4 is 10.5 Å². The molecule has 2 N–H and O–H groups in total. The van der Waals surface area contributed by atoms with Crippen molar-refractivity contribution in [2.45, 2.75) is 38.3 Å². The van der Waals surface area contributed by atoms with Crippen molar-refractivity contribution in [3.63, 3.8) is 0 Å². The first kappa shape index (κ1) is 18.4. The van der Waals surface area contributed by atoms with Gasteiger partial charge in [-0.05, 0) is 31.4 Å². The van der Waals surface area contributed by atoms with Crippen LogP contribution >= 0.6 is 15.9 Å².